The summed E-state index contributed by atoms with van der Waals surface area (Å²) < 4.78 is 17.2. The number of benzene rings is 2. The fraction of sp³-hybridized carbons (Fsp3) is 0.481. The highest BCUT2D eigenvalue weighted by Gasteiger charge is 2.50. The Kier molecular flexibility index (Phi) is 10.1. The van der Waals surface area contributed by atoms with Gasteiger partial charge >= 0.3 is 0 Å². The molecule has 1 saturated heterocycles. The number of amides is 1. The molecule has 0 unspecified atom stereocenters. The highest BCUT2D eigenvalue weighted by molar-refractivity contribution is 6.00. The molecule has 1 amide bonds. The smallest absolute Gasteiger partial charge is 0.266 e. The van der Waals surface area contributed by atoms with E-state index in [0.717, 1.165) is 19.6 Å². The van der Waals surface area contributed by atoms with E-state index in [4.69, 9.17) is 29.8 Å². The van der Waals surface area contributed by atoms with E-state index in [-0.39, 0.29) is 18.9 Å². The number of azide groups is 1. The number of carbonyl (C=O) groups is 1. The van der Waals surface area contributed by atoms with Gasteiger partial charge in [-0.2, -0.15) is 0 Å². The molecular formula is C27H35N7O5. The third kappa shape index (κ3) is 7.25. The van der Waals surface area contributed by atoms with Gasteiger partial charge in [-0.3, -0.25) is 15.1 Å². The average molecular weight is 538 g/mol. The van der Waals surface area contributed by atoms with Gasteiger partial charge in [-0.05, 0) is 42.3 Å². The molecule has 39 heavy (non-hydrogen) atoms. The number of aliphatic hydroxyl groups is 1. The van der Waals surface area contributed by atoms with E-state index < -0.39 is 11.6 Å². The predicted octanol–water partition coefficient (Wildman–Crippen LogP) is 2.49. The van der Waals surface area contributed by atoms with Gasteiger partial charge in [-0.15, -0.1) is 0 Å². The minimum Gasteiger partial charge on any atom is -0.494 e. The number of nitrogens with zero attached hydrogens (tertiary/aromatic N) is 5. The number of aliphatic hydroxyl groups excluding tert-OH is 1. The van der Waals surface area contributed by atoms with Crippen molar-refractivity contribution in [2.75, 3.05) is 52.6 Å². The molecule has 2 atom stereocenters. The van der Waals surface area contributed by atoms with E-state index in [0.29, 0.717) is 61.2 Å². The summed E-state index contributed by atoms with van der Waals surface area (Å²) in [4.78, 5) is 23.8. The molecule has 3 N–H and O–H groups in total. The van der Waals surface area contributed by atoms with Crippen molar-refractivity contribution in [3.05, 3.63) is 70.1 Å². The number of rotatable bonds is 13. The SMILES string of the molecule is C[C@@H]1OC(c2ccc(OCCCO)cc2)=N[C@]1(Cc1ccccc1N=[N+]=[N-])C(=O)NNCCN1CCOCC1. The third-order valence-electron chi connectivity index (χ3n) is 6.79. The van der Waals surface area contributed by atoms with Crippen molar-refractivity contribution in [1.82, 2.24) is 15.8 Å². The molecule has 0 bridgehead atoms. The number of morpholine rings is 1. The fourth-order valence-corrected chi connectivity index (χ4v) is 4.53. The van der Waals surface area contributed by atoms with E-state index in [1.54, 1.807) is 24.3 Å². The van der Waals surface area contributed by atoms with E-state index in [9.17, 15) is 4.79 Å². The zero-order chi connectivity index (χ0) is 27.5. The third-order valence-corrected chi connectivity index (χ3v) is 6.79. The van der Waals surface area contributed by atoms with E-state index in [1.165, 1.54) is 0 Å². The van der Waals surface area contributed by atoms with Crippen LogP contribution in [-0.2, 0) is 20.7 Å². The quantitative estimate of drug-likeness (QED) is 0.117. The number of hydrogen-bond donors (Lipinski definition) is 3. The van der Waals surface area contributed by atoms with Crippen molar-refractivity contribution in [3.8, 4) is 5.75 Å². The molecule has 12 heteroatoms. The Bertz CT molecular complexity index is 1180. The lowest BCUT2D eigenvalue weighted by molar-refractivity contribution is -0.129. The Morgan fingerprint density at radius 1 is 1.26 bits per heavy atom. The molecule has 2 heterocycles. The summed E-state index contributed by atoms with van der Waals surface area (Å²) in [6.07, 6.45) is 0.115. The Morgan fingerprint density at radius 2 is 2.03 bits per heavy atom. The summed E-state index contributed by atoms with van der Waals surface area (Å²) in [5, 5.41) is 12.8. The summed E-state index contributed by atoms with van der Waals surface area (Å²) in [5.41, 5.74) is 15.4. The van der Waals surface area contributed by atoms with Gasteiger partial charge in [0, 0.05) is 61.8 Å². The Balaban J connectivity index is 1.54. The molecular weight excluding hydrogens is 502 g/mol. The van der Waals surface area contributed by atoms with Crippen LogP contribution >= 0.6 is 0 Å². The maximum Gasteiger partial charge on any atom is 0.266 e. The van der Waals surface area contributed by atoms with Gasteiger partial charge in [-0.25, -0.2) is 10.4 Å². The Morgan fingerprint density at radius 3 is 2.77 bits per heavy atom. The monoisotopic (exact) mass is 537 g/mol. The summed E-state index contributed by atoms with van der Waals surface area (Å²) in [6.45, 7) is 6.76. The molecule has 12 nitrogen and oxygen atoms in total. The number of carbonyl (C=O) groups excluding carboxylic acids is 1. The van der Waals surface area contributed by atoms with Crippen molar-refractivity contribution >= 4 is 17.5 Å². The number of nitrogens with one attached hydrogen (secondary N) is 2. The molecule has 208 valence electrons. The first kappa shape index (κ1) is 28.3. The molecule has 1 fully saturated rings. The summed E-state index contributed by atoms with van der Waals surface area (Å²) in [7, 11) is 0. The van der Waals surface area contributed by atoms with Crippen LogP contribution in [0.25, 0.3) is 10.4 Å². The lowest BCUT2D eigenvalue weighted by Gasteiger charge is -2.29. The van der Waals surface area contributed by atoms with Crippen LogP contribution in [0.1, 0.15) is 24.5 Å². The lowest BCUT2D eigenvalue weighted by Crippen LogP contribution is -2.56. The summed E-state index contributed by atoms with van der Waals surface area (Å²) in [6, 6.07) is 14.4. The number of hydrogen-bond acceptors (Lipinski definition) is 9. The van der Waals surface area contributed by atoms with Gasteiger partial charge in [0.2, 0.25) is 5.90 Å². The van der Waals surface area contributed by atoms with Crippen LogP contribution in [0.5, 0.6) is 5.75 Å². The second kappa shape index (κ2) is 13.9. The van der Waals surface area contributed by atoms with Gasteiger partial charge in [0.15, 0.2) is 5.54 Å². The zero-order valence-corrected chi connectivity index (χ0v) is 22.1. The van der Waals surface area contributed by atoms with Crippen molar-refractivity contribution in [2.24, 2.45) is 10.1 Å². The van der Waals surface area contributed by atoms with Crippen LogP contribution in [0.15, 0.2) is 58.6 Å². The van der Waals surface area contributed by atoms with E-state index in [2.05, 4.69) is 25.8 Å². The number of ether oxygens (including phenoxy) is 3. The van der Waals surface area contributed by atoms with Crippen LogP contribution in [0.2, 0.25) is 0 Å². The maximum atomic E-state index is 13.7. The van der Waals surface area contributed by atoms with Gasteiger partial charge in [0.1, 0.15) is 11.9 Å². The normalized spacial score (nSPS) is 21.0. The van der Waals surface area contributed by atoms with Gasteiger partial charge in [0.25, 0.3) is 5.91 Å². The summed E-state index contributed by atoms with van der Waals surface area (Å²) in [5.74, 6) is 0.663. The highest BCUT2D eigenvalue weighted by Crippen LogP contribution is 2.35. The van der Waals surface area contributed by atoms with Gasteiger partial charge < -0.3 is 19.3 Å². The first-order valence-corrected chi connectivity index (χ1v) is 13.1. The Hall–Kier alpha value is -3.67. The first-order chi connectivity index (χ1) is 19.1. The van der Waals surface area contributed by atoms with Crippen molar-refractivity contribution in [1.29, 1.82) is 0 Å². The van der Waals surface area contributed by atoms with Crippen LogP contribution in [-0.4, -0.2) is 86.1 Å². The minimum atomic E-state index is -1.31. The van der Waals surface area contributed by atoms with E-state index >= 15 is 0 Å². The number of hydrazine groups is 1. The van der Waals surface area contributed by atoms with Crippen molar-refractivity contribution < 1.29 is 24.1 Å². The molecule has 0 aromatic heterocycles. The molecule has 0 radical (unpaired) electrons. The first-order valence-electron chi connectivity index (χ1n) is 13.1. The molecule has 2 aromatic rings. The van der Waals surface area contributed by atoms with Crippen molar-refractivity contribution in [2.45, 2.75) is 31.4 Å². The molecule has 2 aliphatic rings. The van der Waals surface area contributed by atoms with Crippen LogP contribution in [0.4, 0.5) is 5.69 Å². The van der Waals surface area contributed by atoms with Crippen LogP contribution in [0, 0.1) is 0 Å². The maximum absolute atomic E-state index is 13.7. The average Bonchev–Trinajstić information content (AvgIpc) is 3.30. The van der Waals surface area contributed by atoms with Gasteiger partial charge in [0.05, 0.1) is 19.8 Å². The second-order valence-electron chi connectivity index (χ2n) is 9.38. The second-order valence-corrected chi connectivity index (χ2v) is 9.38. The van der Waals surface area contributed by atoms with E-state index in [1.807, 2.05) is 31.2 Å². The Labute approximate surface area is 227 Å². The lowest BCUT2D eigenvalue weighted by atomic mass is 9.85. The topological polar surface area (TPSA) is 153 Å². The fourth-order valence-electron chi connectivity index (χ4n) is 4.53. The largest absolute Gasteiger partial charge is 0.494 e. The zero-order valence-electron chi connectivity index (χ0n) is 22.1. The molecule has 4 rings (SSSR count). The molecule has 0 spiro atoms. The minimum absolute atomic E-state index is 0.0651. The van der Waals surface area contributed by atoms with Crippen LogP contribution in [0.3, 0.4) is 0 Å². The predicted molar refractivity (Wildman–Crippen MR) is 146 cm³/mol. The van der Waals surface area contributed by atoms with Crippen LogP contribution < -0.4 is 15.6 Å². The molecule has 2 aliphatic heterocycles. The summed E-state index contributed by atoms with van der Waals surface area (Å²) >= 11 is 0. The molecule has 2 aromatic carbocycles. The molecule has 0 saturated carbocycles. The van der Waals surface area contributed by atoms with Crippen molar-refractivity contribution in [3.63, 3.8) is 0 Å². The van der Waals surface area contributed by atoms with Gasteiger partial charge in [-0.1, -0.05) is 29.4 Å². The standard InChI is InChI=1S/C27H35N7O5/c1-20-27(19-22-5-2-3-6-24(22)31-33-28,26(36)32-29-11-12-34-13-17-37-18-14-34)30-25(39-20)21-7-9-23(10-8-21)38-16-4-15-35/h2-3,5-10,20,29,35H,4,11-19H2,1H3,(H,32,36)/t20-,27-/m0/s1. The highest BCUT2D eigenvalue weighted by atomic mass is 16.5. The number of aliphatic imine (C=N–C) groups is 1. The molecule has 0 aliphatic carbocycles.